The van der Waals surface area contributed by atoms with Crippen LogP contribution in [0.2, 0.25) is 0 Å². The Labute approximate surface area is 170 Å². The first-order valence-electron chi connectivity index (χ1n) is 9.59. The number of para-hydroxylation sites is 4. The van der Waals surface area contributed by atoms with Crippen molar-refractivity contribution in [1.29, 1.82) is 0 Å². The SMILES string of the molecule is CC(=O)N1c2ccccc2N(C(=O)c2ccccc2Oc2ccccc2)C[C@@H]1C. The van der Waals surface area contributed by atoms with Gasteiger partial charge in [-0.2, -0.15) is 0 Å². The average molecular weight is 386 g/mol. The van der Waals surface area contributed by atoms with Crippen LogP contribution in [0, 0.1) is 0 Å². The van der Waals surface area contributed by atoms with E-state index in [4.69, 9.17) is 4.74 Å². The minimum Gasteiger partial charge on any atom is -0.457 e. The van der Waals surface area contributed by atoms with Crippen molar-refractivity contribution in [3.63, 3.8) is 0 Å². The molecule has 1 heterocycles. The number of carbonyl (C=O) groups excluding carboxylic acids is 2. The molecule has 2 amide bonds. The predicted molar refractivity (Wildman–Crippen MR) is 114 cm³/mol. The van der Waals surface area contributed by atoms with Gasteiger partial charge in [-0.15, -0.1) is 0 Å². The number of rotatable bonds is 3. The van der Waals surface area contributed by atoms with Crippen LogP contribution in [-0.2, 0) is 4.79 Å². The van der Waals surface area contributed by atoms with Crippen molar-refractivity contribution in [3.05, 3.63) is 84.4 Å². The van der Waals surface area contributed by atoms with Crippen molar-refractivity contribution >= 4 is 23.2 Å². The molecule has 0 spiro atoms. The van der Waals surface area contributed by atoms with E-state index in [1.807, 2.05) is 73.7 Å². The van der Waals surface area contributed by atoms with E-state index in [1.165, 1.54) is 0 Å². The summed E-state index contributed by atoms with van der Waals surface area (Å²) in [5.74, 6) is 0.981. The first-order valence-corrected chi connectivity index (χ1v) is 9.59. The van der Waals surface area contributed by atoms with E-state index in [9.17, 15) is 9.59 Å². The summed E-state index contributed by atoms with van der Waals surface area (Å²) in [6.07, 6.45) is 0. The molecule has 0 saturated heterocycles. The normalized spacial score (nSPS) is 15.6. The molecule has 5 heteroatoms. The number of anilines is 2. The second-order valence-electron chi connectivity index (χ2n) is 7.05. The van der Waals surface area contributed by atoms with Gasteiger partial charge < -0.3 is 14.5 Å². The summed E-state index contributed by atoms with van der Waals surface area (Å²) >= 11 is 0. The fourth-order valence-corrected chi connectivity index (χ4v) is 3.74. The van der Waals surface area contributed by atoms with Gasteiger partial charge in [-0.05, 0) is 43.3 Å². The maximum Gasteiger partial charge on any atom is 0.262 e. The molecule has 0 N–H and O–H groups in total. The lowest BCUT2D eigenvalue weighted by molar-refractivity contribution is -0.117. The number of amides is 2. The lowest BCUT2D eigenvalue weighted by Gasteiger charge is -2.40. The van der Waals surface area contributed by atoms with E-state index in [1.54, 1.807) is 28.9 Å². The Morgan fingerprint density at radius 3 is 2.21 bits per heavy atom. The van der Waals surface area contributed by atoms with E-state index in [-0.39, 0.29) is 17.9 Å². The van der Waals surface area contributed by atoms with Gasteiger partial charge in [0.1, 0.15) is 11.5 Å². The first kappa shape index (κ1) is 18.7. The second-order valence-corrected chi connectivity index (χ2v) is 7.05. The Hall–Kier alpha value is -3.60. The minimum absolute atomic E-state index is 0.0372. The molecule has 3 aromatic carbocycles. The molecule has 0 aromatic heterocycles. The van der Waals surface area contributed by atoms with Gasteiger partial charge in [-0.25, -0.2) is 0 Å². The average Bonchev–Trinajstić information content (AvgIpc) is 2.73. The third kappa shape index (κ3) is 3.59. The highest BCUT2D eigenvalue weighted by molar-refractivity contribution is 6.11. The van der Waals surface area contributed by atoms with Gasteiger partial charge in [0.05, 0.1) is 23.0 Å². The Kier molecular flexibility index (Phi) is 5.04. The van der Waals surface area contributed by atoms with Crippen molar-refractivity contribution in [2.24, 2.45) is 0 Å². The predicted octanol–water partition coefficient (Wildman–Crippen LogP) is 4.88. The quantitative estimate of drug-likeness (QED) is 0.645. The van der Waals surface area contributed by atoms with Crippen LogP contribution < -0.4 is 14.5 Å². The van der Waals surface area contributed by atoms with Crippen LogP contribution in [0.15, 0.2) is 78.9 Å². The zero-order valence-corrected chi connectivity index (χ0v) is 16.4. The highest BCUT2D eigenvalue weighted by Crippen LogP contribution is 2.37. The van der Waals surface area contributed by atoms with Gasteiger partial charge in [-0.3, -0.25) is 9.59 Å². The maximum absolute atomic E-state index is 13.5. The third-order valence-electron chi connectivity index (χ3n) is 4.99. The number of nitrogens with zero attached hydrogens (tertiary/aromatic N) is 2. The molecule has 0 bridgehead atoms. The Balaban J connectivity index is 1.72. The Morgan fingerprint density at radius 2 is 1.48 bits per heavy atom. The summed E-state index contributed by atoms with van der Waals surface area (Å²) in [6, 6.07) is 24.0. The summed E-state index contributed by atoms with van der Waals surface area (Å²) < 4.78 is 5.98. The van der Waals surface area contributed by atoms with E-state index in [0.29, 0.717) is 23.6 Å². The van der Waals surface area contributed by atoms with E-state index in [2.05, 4.69) is 0 Å². The molecule has 29 heavy (non-hydrogen) atoms. The van der Waals surface area contributed by atoms with Crippen LogP contribution in [0.5, 0.6) is 11.5 Å². The molecule has 1 atom stereocenters. The molecule has 0 unspecified atom stereocenters. The van der Waals surface area contributed by atoms with Crippen LogP contribution in [0.1, 0.15) is 24.2 Å². The first-order chi connectivity index (χ1) is 14.1. The van der Waals surface area contributed by atoms with Crippen molar-refractivity contribution in [2.45, 2.75) is 19.9 Å². The molecule has 1 aliphatic rings. The number of fused-ring (bicyclic) bond motifs is 1. The molecule has 0 radical (unpaired) electrons. The molecule has 3 aromatic rings. The van der Waals surface area contributed by atoms with Crippen LogP contribution in [-0.4, -0.2) is 24.4 Å². The number of hydrogen-bond acceptors (Lipinski definition) is 3. The standard InChI is InChI=1S/C24H22N2O3/c1-17-16-25(21-13-7-8-14-22(21)26(17)18(2)27)24(28)20-12-6-9-15-23(20)29-19-10-4-3-5-11-19/h3-15,17H,16H2,1-2H3/t17-/m0/s1. The van der Waals surface area contributed by atoms with Gasteiger partial charge in [0.15, 0.2) is 0 Å². The summed E-state index contributed by atoms with van der Waals surface area (Å²) in [6.45, 7) is 3.91. The van der Waals surface area contributed by atoms with Crippen LogP contribution in [0.3, 0.4) is 0 Å². The van der Waals surface area contributed by atoms with E-state index < -0.39 is 0 Å². The van der Waals surface area contributed by atoms with E-state index in [0.717, 1.165) is 11.4 Å². The molecule has 5 nitrogen and oxygen atoms in total. The van der Waals surface area contributed by atoms with Crippen LogP contribution >= 0.6 is 0 Å². The largest absolute Gasteiger partial charge is 0.457 e. The highest BCUT2D eigenvalue weighted by atomic mass is 16.5. The van der Waals surface area contributed by atoms with Crippen molar-refractivity contribution in [1.82, 2.24) is 0 Å². The number of hydrogen-bond donors (Lipinski definition) is 0. The van der Waals surface area contributed by atoms with Gasteiger partial charge in [0, 0.05) is 13.5 Å². The lowest BCUT2D eigenvalue weighted by Crippen LogP contribution is -2.51. The molecular formula is C24H22N2O3. The second kappa shape index (κ2) is 7.80. The zero-order chi connectivity index (χ0) is 20.4. The number of ether oxygens (including phenoxy) is 1. The maximum atomic E-state index is 13.5. The van der Waals surface area contributed by atoms with E-state index >= 15 is 0 Å². The topological polar surface area (TPSA) is 49.9 Å². The molecule has 1 aliphatic heterocycles. The lowest BCUT2D eigenvalue weighted by atomic mass is 10.1. The monoisotopic (exact) mass is 386 g/mol. The van der Waals surface area contributed by atoms with Crippen LogP contribution in [0.25, 0.3) is 0 Å². The van der Waals surface area contributed by atoms with Crippen molar-refractivity contribution < 1.29 is 14.3 Å². The van der Waals surface area contributed by atoms with Gasteiger partial charge in [0.2, 0.25) is 5.91 Å². The van der Waals surface area contributed by atoms with Gasteiger partial charge >= 0.3 is 0 Å². The number of benzene rings is 3. The van der Waals surface area contributed by atoms with Gasteiger partial charge in [0.25, 0.3) is 5.91 Å². The van der Waals surface area contributed by atoms with Crippen LogP contribution in [0.4, 0.5) is 11.4 Å². The Morgan fingerprint density at radius 1 is 0.862 bits per heavy atom. The fourth-order valence-electron chi connectivity index (χ4n) is 3.74. The molecule has 4 rings (SSSR count). The summed E-state index contributed by atoms with van der Waals surface area (Å²) in [7, 11) is 0. The van der Waals surface area contributed by atoms with Gasteiger partial charge in [-0.1, -0.05) is 42.5 Å². The number of carbonyl (C=O) groups is 2. The molecule has 0 aliphatic carbocycles. The van der Waals surface area contributed by atoms with Crippen molar-refractivity contribution in [3.8, 4) is 11.5 Å². The summed E-state index contributed by atoms with van der Waals surface area (Å²) in [4.78, 5) is 29.2. The van der Waals surface area contributed by atoms with Crippen molar-refractivity contribution in [2.75, 3.05) is 16.3 Å². The summed E-state index contributed by atoms with van der Waals surface area (Å²) in [5.41, 5.74) is 1.95. The molecule has 0 saturated carbocycles. The zero-order valence-electron chi connectivity index (χ0n) is 16.4. The third-order valence-corrected chi connectivity index (χ3v) is 4.99. The minimum atomic E-state index is -0.154. The molecule has 146 valence electrons. The molecular weight excluding hydrogens is 364 g/mol. The smallest absolute Gasteiger partial charge is 0.262 e. The Bertz CT molecular complexity index is 1050. The highest BCUT2D eigenvalue weighted by Gasteiger charge is 2.34. The summed E-state index contributed by atoms with van der Waals surface area (Å²) in [5, 5.41) is 0. The molecule has 0 fully saturated rings. The fraction of sp³-hybridized carbons (Fsp3) is 0.167.